The first-order valence-electron chi connectivity index (χ1n) is 14.0. The fourth-order valence-corrected chi connectivity index (χ4v) is 5.65. The first-order chi connectivity index (χ1) is 17.3. The van der Waals surface area contributed by atoms with Gasteiger partial charge in [-0.15, -0.1) is 0 Å². The van der Waals surface area contributed by atoms with Crippen LogP contribution in [0, 0.1) is 18.3 Å². The Morgan fingerprint density at radius 2 is 1.89 bits per heavy atom. The van der Waals surface area contributed by atoms with Gasteiger partial charge in [-0.05, 0) is 104 Å². The van der Waals surface area contributed by atoms with E-state index in [9.17, 15) is 0 Å². The highest BCUT2D eigenvalue weighted by atomic mass is 16.5. The first kappa shape index (κ1) is 28.4. The summed E-state index contributed by atoms with van der Waals surface area (Å²) < 4.78 is 11.1. The molecule has 0 radical (unpaired) electrons. The minimum atomic E-state index is 0.390. The standard InChI is InChI=1S/C32H48N2O2/c1-8-11-28(24(9-2)19-31(35-7)30(33)10-3)32(22(4)5)29-18-26(13-12-23(29)6)25-14-16-34(17-15-25)27-20-36-21-27/h9,12-13,18-19,22,25,27,33H,8,10-11,14-17,20-21H2,1-7H3/b24-9+,31-19+,32-28+,33-30?. The van der Waals surface area contributed by atoms with Crippen LogP contribution in [-0.4, -0.2) is 50.1 Å². The predicted octanol–water partition coefficient (Wildman–Crippen LogP) is 7.69. The summed E-state index contributed by atoms with van der Waals surface area (Å²) in [7, 11) is 1.67. The summed E-state index contributed by atoms with van der Waals surface area (Å²) in [6.45, 7) is 17.4. The van der Waals surface area contributed by atoms with Gasteiger partial charge in [-0.2, -0.15) is 0 Å². The molecule has 0 spiro atoms. The van der Waals surface area contributed by atoms with Crippen molar-refractivity contribution in [1.29, 1.82) is 5.41 Å². The van der Waals surface area contributed by atoms with Crippen LogP contribution < -0.4 is 0 Å². The molecule has 0 saturated carbocycles. The summed E-state index contributed by atoms with van der Waals surface area (Å²) in [5.41, 5.74) is 8.74. The van der Waals surface area contributed by atoms with E-state index in [0.717, 1.165) is 26.1 Å². The molecule has 2 aliphatic rings. The summed E-state index contributed by atoms with van der Waals surface area (Å²) in [5, 5.41) is 8.35. The lowest BCUT2D eigenvalue weighted by atomic mass is 9.80. The molecule has 3 rings (SSSR count). The van der Waals surface area contributed by atoms with Crippen molar-refractivity contribution in [3.8, 4) is 0 Å². The summed E-state index contributed by atoms with van der Waals surface area (Å²) >= 11 is 0. The van der Waals surface area contributed by atoms with Crippen molar-refractivity contribution in [2.75, 3.05) is 33.4 Å². The number of nitrogens with one attached hydrogen (secondary N) is 1. The highest BCUT2D eigenvalue weighted by Gasteiger charge is 2.30. The van der Waals surface area contributed by atoms with Gasteiger partial charge in [0.25, 0.3) is 0 Å². The SMILES string of the molecule is C/C=C(\C=C(\OC)C(=N)CC)C(/CCC)=C(/c1cc(C2CCN(C3COC3)CC2)ccc1C)C(C)C. The molecule has 0 aliphatic carbocycles. The maximum Gasteiger partial charge on any atom is 0.140 e. The summed E-state index contributed by atoms with van der Waals surface area (Å²) in [6, 6.07) is 7.84. The molecule has 0 bridgehead atoms. The van der Waals surface area contributed by atoms with E-state index in [0.29, 0.717) is 35.8 Å². The van der Waals surface area contributed by atoms with Crippen LogP contribution in [-0.2, 0) is 9.47 Å². The Hall–Kier alpha value is -2.17. The van der Waals surface area contributed by atoms with Crippen molar-refractivity contribution in [1.82, 2.24) is 4.90 Å². The maximum absolute atomic E-state index is 8.35. The van der Waals surface area contributed by atoms with Crippen molar-refractivity contribution in [2.24, 2.45) is 5.92 Å². The van der Waals surface area contributed by atoms with Gasteiger partial charge in [0.2, 0.25) is 0 Å². The van der Waals surface area contributed by atoms with Gasteiger partial charge in [0.15, 0.2) is 0 Å². The minimum absolute atomic E-state index is 0.390. The van der Waals surface area contributed by atoms with E-state index in [1.165, 1.54) is 59.3 Å². The molecule has 0 atom stereocenters. The van der Waals surface area contributed by atoms with Crippen molar-refractivity contribution in [2.45, 2.75) is 85.6 Å². The number of methoxy groups -OCH3 is 1. The molecule has 2 aliphatic heterocycles. The molecule has 1 aromatic rings. The maximum atomic E-state index is 8.35. The third-order valence-corrected chi connectivity index (χ3v) is 7.91. The van der Waals surface area contributed by atoms with Gasteiger partial charge in [0.1, 0.15) is 5.76 Å². The lowest BCUT2D eigenvalue weighted by Crippen LogP contribution is -2.51. The normalized spacial score (nSPS) is 19.3. The van der Waals surface area contributed by atoms with Crippen LogP contribution in [0.5, 0.6) is 0 Å². The van der Waals surface area contributed by atoms with E-state index in [1.54, 1.807) is 7.11 Å². The van der Waals surface area contributed by atoms with Gasteiger partial charge in [0.05, 0.1) is 32.1 Å². The van der Waals surface area contributed by atoms with Gasteiger partial charge in [-0.25, -0.2) is 0 Å². The average molecular weight is 493 g/mol. The number of allylic oxidation sites excluding steroid dienone is 6. The highest BCUT2D eigenvalue weighted by molar-refractivity contribution is 5.96. The number of benzene rings is 1. The lowest BCUT2D eigenvalue weighted by Gasteiger charge is -2.41. The molecular formula is C32H48N2O2. The van der Waals surface area contributed by atoms with Crippen LogP contribution in [0.25, 0.3) is 5.57 Å². The molecule has 2 saturated heterocycles. The average Bonchev–Trinajstić information content (AvgIpc) is 2.84. The van der Waals surface area contributed by atoms with Crippen molar-refractivity contribution in [3.05, 3.63) is 63.9 Å². The van der Waals surface area contributed by atoms with Crippen LogP contribution in [0.2, 0.25) is 0 Å². The second kappa shape index (κ2) is 13.4. The third-order valence-electron chi connectivity index (χ3n) is 7.91. The zero-order valence-corrected chi connectivity index (χ0v) is 23.7. The molecule has 0 aromatic heterocycles. The number of hydrogen-bond donors (Lipinski definition) is 1. The van der Waals surface area contributed by atoms with E-state index >= 15 is 0 Å². The van der Waals surface area contributed by atoms with E-state index < -0.39 is 0 Å². The Labute approximate surface area is 220 Å². The van der Waals surface area contributed by atoms with Crippen molar-refractivity contribution < 1.29 is 9.47 Å². The Morgan fingerprint density at radius 1 is 1.19 bits per heavy atom. The summed E-state index contributed by atoms with van der Waals surface area (Å²) in [6.07, 6.45) is 9.46. The van der Waals surface area contributed by atoms with E-state index in [1.807, 2.05) is 6.92 Å². The van der Waals surface area contributed by atoms with Crippen molar-refractivity contribution in [3.63, 3.8) is 0 Å². The van der Waals surface area contributed by atoms with Crippen LogP contribution >= 0.6 is 0 Å². The van der Waals surface area contributed by atoms with Crippen LogP contribution in [0.1, 0.15) is 89.3 Å². The van der Waals surface area contributed by atoms with Gasteiger partial charge >= 0.3 is 0 Å². The van der Waals surface area contributed by atoms with Gasteiger partial charge in [0, 0.05) is 0 Å². The van der Waals surface area contributed by atoms with Gasteiger partial charge < -0.3 is 14.9 Å². The van der Waals surface area contributed by atoms with E-state index in [4.69, 9.17) is 14.9 Å². The quantitative estimate of drug-likeness (QED) is 0.196. The fraction of sp³-hybridized carbons (Fsp3) is 0.594. The second-order valence-corrected chi connectivity index (χ2v) is 10.7. The zero-order chi connectivity index (χ0) is 26.2. The van der Waals surface area contributed by atoms with Crippen LogP contribution in [0.15, 0.2) is 47.3 Å². The smallest absolute Gasteiger partial charge is 0.140 e. The number of likely N-dealkylation sites (tertiary alicyclic amines) is 1. The molecule has 1 aromatic carbocycles. The summed E-state index contributed by atoms with van der Waals surface area (Å²) in [5.74, 6) is 1.67. The minimum Gasteiger partial charge on any atom is -0.495 e. The number of nitrogens with zero attached hydrogens (tertiary/aromatic N) is 1. The molecule has 2 heterocycles. The fourth-order valence-electron chi connectivity index (χ4n) is 5.65. The molecule has 0 amide bonds. The van der Waals surface area contributed by atoms with Crippen LogP contribution in [0.4, 0.5) is 0 Å². The van der Waals surface area contributed by atoms with E-state index in [-0.39, 0.29) is 0 Å². The topological polar surface area (TPSA) is 45.5 Å². The van der Waals surface area contributed by atoms with Crippen molar-refractivity contribution >= 4 is 11.3 Å². The predicted molar refractivity (Wildman–Crippen MR) is 153 cm³/mol. The molecular weight excluding hydrogens is 444 g/mol. The second-order valence-electron chi connectivity index (χ2n) is 10.7. The molecule has 4 heteroatoms. The number of aryl methyl sites for hydroxylation is 1. The highest BCUT2D eigenvalue weighted by Crippen LogP contribution is 2.38. The number of ether oxygens (including phenoxy) is 2. The molecule has 2 fully saturated rings. The van der Waals surface area contributed by atoms with Gasteiger partial charge in [-0.1, -0.05) is 58.4 Å². The number of rotatable bonds is 11. The third kappa shape index (κ3) is 6.58. The van der Waals surface area contributed by atoms with E-state index in [2.05, 4.69) is 69.9 Å². The molecule has 0 unspecified atom stereocenters. The monoisotopic (exact) mass is 492 g/mol. The molecule has 4 nitrogen and oxygen atoms in total. The zero-order valence-electron chi connectivity index (χ0n) is 23.7. The molecule has 1 N–H and O–H groups in total. The van der Waals surface area contributed by atoms with Crippen LogP contribution in [0.3, 0.4) is 0 Å². The largest absolute Gasteiger partial charge is 0.495 e. The molecule has 36 heavy (non-hydrogen) atoms. The number of hydrogen-bond acceptors (Lipinski definition) is 4. The first-order valence-corrected chi connectivity index (χ1v) is 14.0. The lowest BCUT2D eigenvalue weighted by molar-refractivity contribution is -0.0712. The molecule has 198 valence electrons. The number of piperidine rings is 1. The Morgan fingerprint density at radius 3 is 2.39 bits per heavy atom. The van der Waals surface area contributed by atoms with Gasteiger partial charge in [-0.3, -0.25) is 4.90 Å². The Balaban J connectivity index is 2.01. The summed E-state index contributed by atoms with van der Waals surface area (Å²) in [4.78, 5) is 2.62. The Bertz CT molecular complexity index is 989. The Kier molecular flexibility index (Phi) is 10.6.